The topological polar surface area (TPSA) is 53.3 Å². The van der Waals surface area contributed by atoms with E-state index < -0.39 is 5.97 Å². The quantitative estimate of drug-likeness (QED) is 0.326. The highest BCUT2D eigenvalue weighted by Gasteiger charge is 2.16. The number of esters is 1. The molecule has 0 bridgehead atoms. The minimum absolute atomic E-state index is 0.276. The maximum absolute atomic E-state index is 13.2. The van der Waals surface area contributed by atoms with Crippen LogP contribution in [-0.4, -0.2) is 22.1 Å². The van der Waals surface area contributed by atoms with Gasteiger partial charge in [0.25, 0.3) is 0 Å². The van der Waals surface area contributed by atoms with Crippen molar-refractivity contribution >= 4 is 5.97 Å². The lowest BCUT2D eigenvalue weighted by Crippen LogP contribution is -2.08. The monoisotopic (exact) mass is 444 g/mol. The van der Waals surface area contributed by atoms with Crippen LogP contribution in [0.5, 0.6) is 5.75 Å². The Kier molecular flexibility index (Phi) is 6.54. The minimum Gasteiger partial charge on any atom is -0.488 e. The summed E-state index contributed by atoms with van der Waals surface area (Å²) in [4.78, 5) is 16.5. The first-order valence-corrected chi connectivity index (χ1v) is 10.8. The lowest BCUT2D eigenvalue weighted by molar-refractivity contribution is 0.0526. The second kappa shape index (κ2) is 9.69. The highest BCUT2D eigenvalue weighted by Crippen LogP contribution is 2.35. The Morgan fingerprint density at radius 3 is 2.55 bits per heavy atom. The summed E-state index contributed by atoms with van der Waals surface area (Å²) >= 11 is 0. The molecular weight excluding hydrogens is 419 g/mol. The Bertz CT molecular complexity index is 1280. The van der Waals surface area contributed by atoms with Crippen molar-refractivity contribution in [2.75, 3.05) is 6.61 Å². The smallest absolute Gasteiger partial charge is 0.339 e. The average Bonchev–Trinajstić information content (AvgIpc) is 3.20. The zero-order valence-corrected chi connectivity index (χ0v) is 18.8. The molecular formula is C27H25FN2O3. The fourth-order valence-corrected chi connectivity index (χ4v) is 3.68. The largest absolute Gasteiger partial charge is 0.488 e. The third kappa shape index (κ3) is 4.95. The van der Waals surface area contributed by atoms with E-state index in [0.717, 1.165) is 33.8 Å². The fourth-order valence-electron chi connectivity index (χ4n) is 3.68. The Labute approximate surface area is 192 Å². The van der Waals surface area contributed by atoms with Gasteiger partial charge in [-0.05, 0) is 68.8 Å². The van der Waals surface area contributed by atoms with Crippen LogP contribution in [0, 0.1) is 19.7 Å². The van der Waals surface area contributed by atoms with Gasteiger partial charge in [-0.2, -0.15) is 0 Å². The molecule has 2 aromatic heterocycles. The third-order valence-electron chi connectivity index (χ3n) is 5.29. The lowest BCUT2D eigenvalue weighted by atomic mass is 10.1. The summed E-state index contributed by atoms with van der Waals surface area (Å²) in [5.74, 6) is 0.0256. The molecule has 0 atom stereocenters. The molecule has 2 aromatic carbocycles. The van der Waals surface area contributed by atoms with Gasteiger partial charge in [-0.15, -0.1) is 0 Å². The maximum Gasteiger partial charge on any atom is 0.339 e. The second-order valence-corrected chi connectivity index (χ2v) is 7.76. The fraction of sp³-hybridized carbons (Fsp3) is 0.185. The van der Waals surface area contributed by atoms with Gasteiger partial charge in [0.15, 0.2) is 0 Å². The molecule has 0 aliphatic rings. The number of hydrogen-bond donors (Lipinski definition) is 0. The molecule has 0 amide bonds. The second-order valence-electron chi connectivity index (χ2n) is 7.76. The van der Waals surface area contributed by atoms with E-state index >= 15 is 0 Å². The van der Waals surface area contributed by atoms with Gasteiger partial charge in [0.05, 0.1) is 29.7 Å². The average molecular weight is 445 g/mol. The molecule has 0 radical (unpaired) electrons. The van der Waals surface area contributed by atoms with Crippen molar-refractivity contribution in [3.63, 3.8) is 0 Å². The van der Waals surface area contributed by atoms with Crippen molar-refractivity contribution in [2.45, 2.75) is 27.4 Å². The molecule has 33 heavy (non-hydrogen) atoms. The summed E-state index contributed by atoms with van der Waals surface area (Å²) in [6.45, 7) is 6.41. The van der Waals surface area contributed by atoms with Gasteiger partial charge in [0.1, 0.15) is 18.2 Å². The highest BCUT2D eigenvalue weighted by molar-refractivity contribution is 5.89. The standard InChI is InChI=1S/C27H25FN2O3/c1-4-32-27(31)21-14-23(16-29-15-21)30-19(3)6-11-25(30)24-13-18(2)5-12-26(24)33-17-20-7-9-22(28)10-8-20/h5-16H,4,17H2,1-3H3. The molecule has 0 unspecified atom stereocenters. The number of aryl methyl sites for hydroxylation is 2. The first-order valence-electron chi connectivity index (χ1n) is 10.8. The number of carbonyl (C=O) groups is 1. The minimum atomic E-state index is -0.405. The molecule has 0 aliphatic heterocycles. The van der Waals surface area contributed by atoms with Crippen molar-refractivity contribution in [3.8, 4) is 22.7 Å². The van der Waals surface area contributed by atoms with Crippen molar-refractivity contribution in [3.05, 3.63) is 101 Å². The van der Waals surface area contributed by atoms with Gasteiger partial charge >= 0.3 is 5.97 Å². The van der Waals surface area contributed by atoms with Gasteiger partial charge in [0, 0.05) is 17.5 Å². The zero-order valence-electron chi connectivity index (χ0n) is 18.8. The van der Waals surface area contributed by atoms with Crippen LogP contribution in [-0.2, 0) is 11.3 Å². The van der Waals surface area contributed by atoms with Gasteiger partial charge < -0.3 is 14.0 Å². The summed E-state index contributed by atoms with van der Waals surface area (Å²) in [5, 5.41) is 0. The SMILES string of the molecule is CCOC(=O)c1cncc(-n2c(C)ccc2-c2cc(C)ccc2OCc2ccc(F)cc2)c1. The predicted molar refractivity (Wildman–Crippen MR) is 125 cm³/mol. The van der Waals surface area contributed by atoms with Crippen LogP contribution in [0.3, 0.4) is 0 Å². The van der Waals surface area contributed by atoms with E-state index in [-0.39, 0.29) is 5.82 Å². The van der Waals surface area contributed by atoms with Crippen LogP contribution >= 0.6 is 0 Å². The van der Waals surface area contributed by atoms with E-state index in [9.17, 15) is 9.18 Å². The van der Waals surface area contributed by atoms with Crippen molar-refractivity contribution < 1.29 is 18.7 Å². The van der Waals surface area contributed by atoms with Crippen LogP contribution in [0.25, 0.3) is 16.9 Å². The van der Waals surface area contributed by atoms with Crippen LogP contribution < -0.4 is 4.74 Å². The number of rotatable bonds is 7. The third-order valence-corrected chi connectivity index (χ3v) is 5.29. The summed E-state index contributed by atoms with van der Waals surface area (Å²) in [7, 11) is 0. The molecule has 0 fully saturated rings. The Morgan fingerprint density at radius 2 is 1.79 bits per heavy atom. The van der Waals surface area contributed by atoms with E-state index in [1.165, 1.54) is 18.3 Å². The van der Waals surface area contributed by atoms with Crippen LogP contribution in [0.2, 0.25) is 0 Å². The van der Waals surface area contributed by atoms with E-state index in [4.69, 9.17) is 9.47 Å². The van der Waals surface area contributed by atoms with Gasteiger partial charge in [0.2, 0.25) is 0 Å². The molecule has 0 N–H and O–H groups in total. The molecule has 0 saturated heterocycles. The Hall–Kier alpha value is -3.93. The first kappa shape index (κ1) is 22.3. The lowest BCUT2D eigenvalue weighted by Gasteiger charge is -2.17. The molecule has 6 heteroatoms. The van der Waals surface area contributed by atoms with Crippen LogP contribution in [0.4, 0.5) is 4.39 Å². The number of nitrogens with zero attached hydrogens (tertiary/aromatic N) is 2. The van der Waals surface area contributed by atoms with Gasteiger partial charge in [-0.3, -0.25) is 4.98 Å². The summed E-state index contributed by atoms with van der Waals surface area (Å²) in [5.41, 5.74) is 5.91. The van der Waals surface area contributed by atoms with E-state index in [1.807, 2.05) is 42.7 Å². The van der Waals surface area contributed by atoms with Crippen molar-refractivity contribution in [1.29, 1.82) is 0 Å². The number of halogens is 1. The summed E-state index contributed by atoms with van der Waals surface area (Å²) in [6.07, 6.45) is 3.22. The molecule has 0 saturated carbocycles. The normalized spacial score (nSPS) is 10.8. The molecule has 168 valence electrons. The molecule has 0 spiro atoms. The number of hydrogen-bond acceptors (Lipinski definition) is 4. The maximum atomic E-state index is 13.2. The Balaban J connectivity index is 1.72. The number of aromatic nitrogens is 2. The van der Waals surface area contributed by atoms with Gasteiger partial charge in [-0.25, -0.2) is 9.18 Å². The number of ether oxygens (including phenoxy) is 2. The highest BCUT2D eigenvalue weighted by atomic mass is 19.1. The van der Waals surface area contributed by atoms with Crippen molar-refractivity contribution in [1.82, 2.24) is 9.55 Å². The zero-order chi connectivity index (χ0) is 23.4. The van der Waals surface area contributed by atoms with Crippen LogP contribution in [0.15, 0.2) is 73.1 Å². The number of pyridine rings is 1. The van der Waals surface area contributed by atoms with E-state index in [0.29, 0.717) is 24.5 Å². The molecule has 5 nitrogen and oxygen atoms in total. The van der Waals surface area contributed by atoms with Gasteiger partial charge in [-0.1, -0.05) is 23.8 Å². The van der Waals surface area contributed by atoms with Crippen LogP contribution in [0.1, 0.15) is 34.1 Å². The molecule has 4 rings (SSSR count). The predicted octanol–water partition coefficient (Wildman–Crippen LogP) is 6.05. The van der Waals surface area contributed by atoms with E-state index in [1.54, 1.807) is 31.3 Å². The molecule has 0 aliphatic carbocycles. The molecule has 2 heterocycles. The first-order chi connectivity index (χ1) is 16.0. The summed E-state index contributed by atoms with van der Waals surface area (Å²) in [6, 6.07) is 18.1. The van der Waals surface area contributed by atoms with Crippen molar-refractivity contribution in [2.24, 2.45) is 0 Å². The molecule has 4 aromatic rings. The van der Waals surface area contributed by atoms with E-state index in [2.05, 4.69) is 11.1 Å². The summed E-state index contributed by atoms with van der Waals surface area (Å²) < 4.78 is 26.5. The Morgan fingerprint density at radius 1 is 1.00 bits per heavy atom. The number of benzene rings is 2. The number of carbonyl (C=O) groups excluding carboxylic acids is 1.